The Kier molecular flexibility index (Phi) is 4.00. The summed E-state index contributed by atoms with van der Waals surface area (Å²) in [6.45, 7) is 6.23. The molecule has 0 aliphatic heterocycles. The molecule has 1 aliphatic rings. The highest BCUT2D eigenvalue weighted by atomic mass is 19.4. The van der Waals surface area contributed by atoms with E-state index in [-0.39, 0.29) is 17.1 Å². The van der Waals surface area contributed by atoms with Crippen molar-refractivity contribution in [3.05, 3.63) is 29.8 Å². The second kappa shape index (κ2) is 5.20. The molecule has 0 amide bonds. The smallest absolute Gasteiger partial charge is 0.406 e. The molecule has 0 heterocycles. The summed E-state index contributed by atoms with van der Waals surface area (Å²) >= 11 is 0. The highest BCUT2D eigenvalue weighted by Gasteiger charge is 2.44. The van der Waals surface area contributed by atoms with Gasteiger partial charge in [-0.25, -0.2) is 0 Å². The van der Waals surface area contributed by atoms with Gasteiger partial charge in [0.05, 0.1) is 5.60 Å². The van der Waals surface area contributed by atoms with Crippen LogP contribution in [0, 0.1) is 11.3 Å². The van der Waals surface area contributed by atoms with E-state index in [0.29, 0.717) is 12.0 Å². The first-order valence-electron chi connectivity index (χ1n) is 7.11. The van der Waals surface area contributed by atoms with Crippen LogP contribution in [0.1, 0.15) is 45.6 Å². The molecule has 0 spiro atoms. The number of hydrogen-bond donors (Lipinski definition) is 1. The van der Waals surface area contributed by atoms with E-state index in [1.54, 1.807) is 6.07 Å². The van der Waals surface area contributed by atoms with Crippen LogP contribution in [0.2, 0.25) is 0 Å². The maximum atomic E-state index is 12.3. The quantitative estimate of drug-likeness (QED) is 0.864. The van der Waals surface area contributed by atoms with Gasteiger partial charge in [-0.3, -0.25) is 0 Å². The molecule has 0 aromatic heterocycles. The molecule has 0 saturated heterocycles. The van der Waals surface area contributed by atoms with E-state index in [2.05, 4.69) is 18.6 Å². The summed E-state index contributed by atoms with van der Waals surface area (Å²) in [5.74, 6) is -0.312. The molecule has 1 aromatic rings. The van der Waals surface area contributed by atoms with E-state index >= 15 is 0 Å². The SMILES string of the molecule is CC1CC(C)(C)CCC1(O)c1cccc(OC(F)(F)F)c1. The molecule has 2 unspecified atom stereocenters. The van der Waals surface area contributed by atoms with Crippen molar-refractivity contribution in [2.24, 2.45) is 11.3 Å². The number of hydrogen-bond acceptors (Lipinski definition) is 2. The number of benzene rings is 1. The van der Waals surface area contributed by atoms with E-state index in [0.717, 1.165) is 12.8 Å². The van der Waals surface area contributed by atoms with E-state index in [4.69, 9.17) is 0 Å². The highest BCUT2D eigenvalue weighted by molar-refractivity contribution is 5.33. The van der Waals surface area contributed by atoms with Crippen LogP contribution >= 0.6 is 0 Å². The first kappa shape index (κ1) is 16.1. The third kappa shape index (κ3) is 3.70. The van der Waals surface area contributed by atoms with Gasteiger partial charge < -0.3 is 9.84 Å². The van der Waals surface area contributed by atoms with E-state index in [1.165, 1.54) is 18.2 Å². The monoisotopic (exact) mass is 302 g/mol. The summed E-state index contributed by atoms with van der Waals surface area (Å²) < 4.78 is 40.9. The van der Waals surface area contributed by atoms with E-state index in [1.807, 2.05) is 6.92 Å². The zero-order valence-corrected chi connectivity index (χ0v) is 12.5. The van der Waals surface area contributed by atoms with Gasteiger partial charge in [-0.2, -0.15) is 0 Å². The van der Waals surface area contributed by atoms with E-state index < -0.39 is 12.0 Å². The molecule has 1 N–H and O–H groups in total. The summed E-state index contributed by atoms with van der Waals surface area (Å²) in [4.78, 5) is 0. The van der Waals surface area contributed by atoms with Crippen molar-refractivity contribution in [1.29, 1.82) is 0 Å². The van der Waals surface area contributed by atoms with Crippen molar-refractivity contribution < 1.29 is 23.0 Å². The van der Waals surface area contributed by atoms with Crippen LogP contribution in [-0.4, -0.2) is 11.5 Å². The molecule has 21 heavy (non-hydrogen) atoms. The van der Waals surface area contributed by atoms with Crippen molar-refractivity contribution in [1.82, 2.24) is 0 Å². The molecule has 1 fully saturated rings. The summed E-state index contributed by atoms with van der Waals surface area (Å²) in [5.41, 5.74) is -0.459. The van der Waals surface area contributed by atoms with Crippen LogP contribution in [0.25, 0.3) is 0 Å². The predicted molar refractivity (Wildman–Crippen MR) is 73.8 cm³/mol. The number of aliphatic hydroxyl groups is 1. The standard InChI is InChI=1S/C16H21F3O2/c1-11-10-14(2,3)7-8-15(11,20)12-5-4-6-13(9-12)21-16(17,18)19/h4-6,9,11,20H,7-8,10H2,1-3H3. The fourth-order valence-corrected chi connectivity index (χ4v) is 3.27. The van der Waals surface area contributed by atoms with Gasteiger partial charge in [0.25, 0.3) is 0 Å². The van der Waals surface area contributed by atoms with Gasteiger partial charge >= 0.3 is 6.36 Å². The molecular weight excluding hydrogens is 281 g/mol. The molecule has 1 aromatic carbocycles. The number of rotatable bonds is 2. The maximum absolute atomic E-state index is 12.3. The fourth-order valence-electron chi connectivity index (χ4n) is 3.27. The largest absolute Gasteiger partial charge is 0.573 e. The van der Waals surface area contributed by atoms with Crippen LogP contribution in [0.3, 0.4) is 0 Å². The van der Waals surface area contributed by atoms with Gasteiger partial charge in [-0.15, -0.1) is 13.2 Å². The van der Waals surface area contributed by atoms with E-state index in [9.17, 15) is 18.3 Å². The lowest BCUT2D eigenvalue weighted by molar-refractivity contribution is -0.274. The fraction of sp³-hybridized carbons (Fsp3) is 0.625. The molecule has 1 aliphatic carbocycles. The van der Waals surface area contributed by atoms with Gasteiger partial charge in [0.15, 0.2) is 0 Å². The lowest BCUT2D eigenvalue weighted by Crippen LogP contribution is -2.41. The molecular formula is C16H21F3O2. The Morgan fingerprint density at radius 2 is 1.90 bits per heavy atom. The normalized spacial score (nSPS) is 29.2. The van der Waals surface area contributed by atoms with Crippen LogP contribution in [0.15, 0.2) is 24.3 Å². The number of halogens is 3. The van der Waals surface area contributed by atoms with Crippen LogP contribution in [-0.2, 0) is 5.60 Å². The van der Waals surface area contributed by atoms with Gasteiger partial charge in [0.2, 0.25) is 0 Å². The average Bonchev–Trinajstić information content (AvgIpc) is 2.32. The Hall–Kier alpha value is -1.23. The Bertz CT molecular complexity index is 510. The van der Waals surface area contributed by atoms with Gasteiger partial charge in [0.1, 0.15) is 5.75 Å². The van der Waals surface area contributed by atoms with Gasteiger partial charge in [0, 0.05) is 0 Å². The number of alkyl halides is 3. The van der Waals surface area contributed by atoms with Crippen molar-refractivity contribution in [2.75, 3.05) is 0 Å². The van der Waals surface area contributed by atoms with Crippen LogP contribution in [0.5, 0.6) is 5.75 Å². The van der Waals surface area contributed by atoms with Crippen LogP contribution in [0.4, 0.5) is 13.2 Å². The molecule has 1 saturated carbocycles. The molecule has 0 bridgehead atoms. The summed E-state index contributed by atoms with van der Waals surface area (Å²) in [7, 11) is 0. The van der Waals surface area contributed by atoms with Crippen molar-refractivity contribution in [3.8, 4) is 5.75 Å². The maximum Gasteiger partial charge on any atom is 0.573 e. The zero-order valence-electron chi connectivity index (χ0n) is 12.5. The topological polar surface area (TPSA) is 29.5 Å². The summed E-state index contributed by atoms with van der Waals surface area (Å²) in [5, 5.41) is 10.9. The Labute approximate surface area is 122 Å². The third-order valence-electron chi connectivity index (χ3n) is 4.42. The molecule has 2 rings (SSSR count). The molecule has 0 radical (unpaired) electrons. The second-order valence-corrected chi connectivity index (χ2v) is 6.77. The minimum Gasteiger partial charge on any atom is -0.406 e. The second-order valence-electron chi connectivity index (χ2n) is 6.77. The predicted octanol–water partition coefficient (Wildman–Crippen LogP) is 4.62. The minimum absolute atomic E-state index is 0.0256. The Balaban J connectivity index is 2.27. The van der Waals surface area contributed by atoms with Crippen molar-refractivity contribution >= 4 is 0 Å². The first-order valence-corrected chi connectivity index (χ1v) is 7.11. The molecule has 5 heteroatoms. The van der Waals surface area contributed by atoms with Crippen molar-refractivity contribution in [3.63, 3.8) is 0 Å². The molecule has 2 nitrogen and oxygen atoms in total. The Morgan fingerprint density at radius 1 is 1.24 bits per heavy atom. The lowest BCUT2D eigenvalue weighted by atomic mass is 9.63. The lowest BCUT2D eigenvalue weighted by Gasteiger charge is -2.45. The Morgan fingerprint density at radius 3 is 2.48 bits per heavy atom. The highest BCUT2D eigenvalue weighted by Crippen LogP contribution is 2.49. The average molecular weight is 302 g/mol. The zero-order chi connectivity index (χ0) is 15.9. The third-order valence-corrected chi connectivity index (χ3v) is 4.42. The number of ether oxygens (including phenoxy) is 1. The first-order chi connectivity index (χ1) is 9.52. The van der Waals surface area contributed by atoms with Gasteiger partial charge in [-0.05, 0) is 48.3 Å². The molecule has 2 atom stereocenters. The summed E-state index contributed by atoms with van der Waals surface area (Å²) in [6.07, 6.45) is -2.52. The summed E-state index contributed by atoms with van der Waals surface area (Å²) in [6, 6.07) is 5.69. The molecule has 118 valence electrons. The minimum atomic E-state index is -4.72. The van der Waals surface area contributed by atoms with Crippen molar-refractivity contribution in [2.45, 2.75) is 52.0 Å². The van der Waals surface area contributed by atoms with Crippen LogP contribution < -0.4 is 4.74 Å². The van der Waals surface area contributed by atoms with Gasteiger partial charge in [-0.1, -0.05) is 32.9 Å².